The maximum absolute atomic E-state index is 13.6. The smallest absolute Gasteiger partial charge is 0.347 e. The van der Waals surface area contributed by atoms with Crippen molar-refractivity contribution in [3.63, 3.8) is 0 Å². The summed E-state index contributed by atoms with van der Waals surface area (Å²) in [5.41, 5.74) is 2.78. The van der Waals surface area contributed by atoms with Gasteiger partial charge in [0.15, 0.2) is 11.3 Å². The molecule has 34 heavy (non-hydrogen) atoms. The van der Waals surface area contributed by atoms with E-state index in [0.29, 0.717) is 35.0 Å². The van der Waals surface area contributed by atoms with E-state index < -0.39 is 17.7 Å². The SMILES string of the molecule is C=C(C)Cn1c(=O)c(C(=O)OCC)c(OCCCC)c2ncc(CC3=CCC(F)C=C3)c(Br)c21. The summed E-state index contributed by atoms with van der Waals surface area (Å²) in [5, 5.41) is 0. The van der Waals surface area contributed by atoms with Crippen LogP contribution in [-0.4, -0.2) is 34.9 Å². The highest BCUT2D eigenvalue weighted by molar-refractivity contribution is 9.10. The number of ether oxygens (including phenoxy) is 2. The fraction of sp³-hybridized carbons (Fsp3) is 0.423. The molecule has 0 spiro atoms. The van der Waals surface area contributed by atoms with Gasteiger partial charge in [-0.2, -0.15) is 0 Å². The number of halogens is 2. The van der Waals surface area contributed by atoms with Crippen LogP contribution in [-0.2, 0) is 17.7 Å². The summed E-state index contributed by atoms with van der Waals surface area (Å²) < 4.78 is 26.8. The molecule has 0 aromatic carbocycles. The predicted molar refractivity (Wildman–Crippen MR) is 135 cm³/mol. The number of hydrogen-bond donors (Lipinski definition) is 0. The first-order chi connectivity index (χ1) is 16.3. The lowest BCUT2D eigenvalue weighted by Gasteiger charge is -2.20. The normalized spacial score (nSPS) is 15.3. The molecular formula is C26H30BrFN2O4. The van der Waals surface area contributed by atoms with Gasteiger partial charge in [0.2, 0.25) is 0 Å². The van der Waals surface area contributed by atoms with E-state index in [1.807, 2.05) is 19.9 Å². The van der Waals surface area contributed by atoms with Crippen LogP contribution < -0.4 is 10.3 Å². The zero-order valence-electron chi connectivity index (χ0n) is 19.8. The number of esters is 1. The lowest BCUT2D eigenvalue weighted by Crippen LogP contribution is -2.30. The number of allylic oxidation sites excluding steroid dienone is 5. The predicted octanol–water partition coefficient (Wildman–Crippen LogP) is 5.86. The van der Waals surface area contributed by atoms with E-state index in [0.717, 1.165) is 29.6 Å². The number of carbonyl (C=O) groups excluding carboxylic acids is 1. The van der Waals surface area contributed by atoms with Crippen molar-refractivity contribution in [3.8, 4) is 5.75 Å². The van der Waals surface area contributed by atoms with Crippen molar-refractivity contribution < 1.29 is 18.7 Å². The Morgan fingerprint density at radius 3 is 2.76 bits per heavy atom. The molecule has 2 heterocycles. The van der Waals surface area contributed by atoms with Gasteiger partial charge in [-0.15, -0.1) is 0 Å². The van der Waals surface area contributed by atoms with Crippen LogP contribution in [0.4, 0.5) is 4.39 Å². The highest BCUT2D eigenvalue weighted by Gasteiger charge is 2.28. The van der Waals surface area contributed by atoms with Crippen molar-refractivity contribution in [3.05, 3.63) is 68.1 Å². The number of fused-ring (bicyclic) bond motifs is 1. The number of alkyl halides is 1. The molecule has 1 aliphatic carbocycles. The van der Waals surface area contributed by atoms with Crippen LogP contribution in [0.5, 0.6) is 5.75 Å². The summed E-state index contributed by atoms with van der Waals surface area (Å²) in [4.78, 5) is 31.1. The molecule has 2 aromatic heterocycles. The summed E-state index contributed by atoms with van der Waals surface area (Å²) in [5.74, 6) is -0.606. The van der Waals surface area contributed by atoms with Gasteiger partial charge in [0.1, 0.15) is 11.7 Å². The van der Waals surface area contributed by atoms with E-state index in [1.165, 1.54) is 4.57 Å². The fourth-order valence-corrected chi connectivity index (χ4v) is 4.40. The summed E-state index contributed by atoms with van der Waals surface area (Å²) in [7, 11) is 0. The summed E-state index contributed by atoms with van der Waals surface area (Å²) in [6.07, 6.45) is 8.41. The Balaban J connectivity index is 2.26. The molecule has 2 aromatic rings. The van der Waals surface area contributed by atoms with E-state index in [2.05, 4.69) is 27.5 Å². The highest BCUT2D eigenvalue weighted by atomic mass is 79.9. The largest absolute Gasteiger partial charge is 0.490 e. The van der Waals surface area contributed by atoms with Gasteiger partial charge in [-0.1, -0.05) is 43.7 Å². The molecular weight excluding hydrogens is 503 g/mol. The molecule has 3 rings (SSSR count). The number of rotatable bonds is 10. The van der Waals surface area contributed by atoms with Gasteiger partial charge in [0.25, 0.3) is 5.56 Å². The number of hydrogen-bond acceptors (Lipinski definition) is 5. The molecule has 1 unspecified atom stereocenters. The van der Waals surface area contributed by atoms with Gasteiger partial charge in [0.05, 0.1) is 18.7 Å². The molecule has 182 valence electrons. The zero-order chi connectivity index (χ0) is 24.8. The standard InChI is InChI=1S/C26H30BrFN2O4/c1-5-7-12-34-24-20(26(32)33-6-2)25(31)30(15-16(3)4)23-21(27)18(14-29-22(23)24)13-17-8-10-19(28)11-9-17/h8-10,14,19H,3,5-7,11-13,15H2,1-2,4H3. The lowest BCUT2D eigenvalue weighted by atomic mass is 9.99. The van der Waals surface area contributed by atoms with Gasteiger partial charge in [-0.25, -0.2) is 9.18 Å². The third kappa shape index (κ3) is 5.66. The molecule has 1 atom stereocenters. The Hall–Kier alpha value is -2.74. The van der Waals surface area contributed by atoms with Crippen LogP contribution in [0.15, 0.2) is 51.4 Å². The number of carbonyl (C=O) groups is 1. The van der Waals surface area contributed by atoms with E-state index >= 15 is 0 Å². The van der Waals surface area contributed by atoms with Crippen molar-refractivity contribution >= 4 is 32.9 Å². The Morgan fingerprint density at radius 2 is 2.15 bits per heavy atom. The van der Waals surface area contributed by atoms with Gasteiger partial charge in [-0.05, 0) is 53.8 Å². The molecule has 0 amide bonds. The van der Waals surface area contributed by atoms with Crippen molar-refractivity contribution in [2.45, 2.75) is 59.2 Å². The van der Waals surface area contributed by atoms with Crippen LogP contribution in [0, 0.1) is 0 Å². The average molecular weight is 533 g/mol. The Kier molecular flexibility index (Phi) is 8.83. The summed E-state index contributed by atoms with van der Waals surface area (Å²) in [6, 6.07) is 0. The number of aromatic nitrogens is 2. The molecule has 0 aliphatic heterocycles. The zero-order valence-corrected chi connectivity index (χ0v) is 21.4. The lowest BCUT2D eigenvalue weighted by molar-refractivity contribution is 0.0519. The second-order valence-electron chi connectivity index (χ2n) is 8.34. The van der Waals surface area contributed by atoms with E-state index in [-0.39, 0.29) is 24.5 Å². The Morgan fingerprint density at radius 1 is 1.38 bits per heavy atom. The number of unbranched alkanes of at least 4 members (excludes halogenated alkanes) is 1. The van der Waals surface area contributed by atoms with Crippen LogP contribution in [0.1, 0.15) is 56.0 Å². The van der Waals surface area contributed by atoms with Crippen LogP contribution >= 0.6 is 15.9 Å². The Labute approximate surface area is 207 Å². The molecule has 0 fully saturated rings. The van der Waals surface area contributed by atoms with Gasteiger partial charge in [0, 0.05) is 23.6 Å². The molecule has 0 saturated heterocycles. The first-order valence-corrected chi connectivity index (χ1v) is 12.3. The van der Waals surface area contributed by atoms with Gasteiger partial charge in [-0.3, -0.25) is 9.78 Å². The Bertz CT molecular complexity index is 1220. The second-order valence-corrected chi connectivity index (χ2v) is 9.13. The van der Waals surface area contributed by atoms with E-state index in [4.69, 9.17) is 9.47 Å². The highest BCUT2D eigenvalue weighted by Crippen LogP contribution is 2.35. The van der Waals surface area contributed by atoms with Crippen molar-refractivity contribution in [1.29, 1.82) is 0 Å². The van der Waals surface area contributed by atoms with Crippen LogP contribution in [0.3, 0.4) is 0 Å². The minimum Gasteiger partial charge on any atom is -0.490 e. The first-order valence-electron chi connectivity index (χ1n) is 11.5. The first kappa shape index (κ1) is 25.9. The van der Waals surface area contributed by atoms with Crippen molar-refractivity contribution in [2.24, 2.45) is 0 Å². The third-order valence-corrected chi connectivity index (χ3v) is 6.29. The molecule has 6 nitrogen and oxygen atoms in total. The monoisotopic (exact) mass is 532 g/mol. The average Bonchev–Trinajstić information content (AvgIpc) is 2.79. The minimum absolute atomic E-state index is 0.129. The van der Waals surface area contributed by atoms with Crippen molar-refractivity contribution in [1.82, 2.24) is 9.55 Å². The maximum atomic E-state index is 13.6. The molecule has 0 bridgehead atoms. The summed E-state index contributed by atoms with van der Waals surface area (Å²) in [6.45, 7) is 10.1. The molecule has 0 N–H and O–H groups in total. The molecule has 1 aliphatic rings. The second kappa shape index (κ2) is 11.6. The quantitative estimate of drug-likeness (QED) is 0.218. The van der Waals surface area contributed by atoms with E-state index in [1.54, 1.807) is 25.3 Å². The van der Waals surface area contributed by atoms with Crippen molar-refractivity contribution in [2.75, 3.05) is 13.2 Å². The fourth-order valence-electron chi connectivity index (χ4n) is 3.76. The molecule has 0 radical (unpaired) electrons. The molecule has 8 heteroatoms. The molecule has 0 saturated carbocycles. The minimum atomic E-state index is -0.966. The van der Waals surface area contributed by atoms with Gasteiger partial charge >= 0.3 is 5.97 Å². The van der Waals surface area contributed by atoms with Gasteiger partial charge < -0.3 is 14.0 Å². The van der Waals surface area contributed by atoms with Crippen LogP contribution in [0.25, 0.3) is 11.0 Å². The number of pyridine rings is 2. The summed E-state index contributed by atoms with van der Waals surface area (Å²) >= 11 is 3.68. The third-order valence-electron chi connectivity index (χ3n) is 5.41. The van der Waals surface area contributed by atoms with E-state index in [9.17, 15) is 14.0 Å². The number of nitrogens with zero attached hydrogens (tertiary/aromatic N) is 2. The van der Waals surface area contributed by atoms with Crippen LogP contribution in [0.2, 0.25) is 0 Å². The maximum Gasteiger partial charge on any atom is 0.347 e. The topological polar surface area (TPSA) is 70.4 Å².